The number of ether oxygens (including phenoxy) is 2. The maximum Gasteiger partial charge on any atom is 0.258 e. The van der Waals surface area contributed by atoms with E-state index >= 15 is 0 Å². The SMILES string of the molecule is Cc1ccc(OCC(=O)NCCOc2ccc(N)cc2)cc1. The number of nitrogen functional groups attached to an aromatic ring is 1. The molecule has 0 radical (unpaired) electrons. The van der Waals surface area contributed by atoms with Crippen LogP contribution in [0.4, 0.5) is 5.69 Å². The van der Waals surface area contributed by atoms with Gasteiger partial charge in [0.2, 0.25) is 0 Å². The molecule has 1 amide bonds. The molecular formula is C17H20N2O3. The summed E-state index contributed by atoms with van der Waals surface area (Å²) < 4.78 is 10.9. The maximum absolute atomic E-state index is 11.6. The number of benzene rings is 2. The standard InChI is InChI=1S/C17H20N2O3/c1-13-2-6-16(7-3-13)22-12-17(20)19-10-11-21-15-8-4-14(18)5-9-15/h2-9H,10-12,18H2,1H3,(H,19,20). The summed E-state index contributed by atoms with van der Waals surface area (Å²) >= 11 is 0. The number of rotatable bonds is 7. The minimum absolute atomic E-state index is 0.00900. The van der Waals surface area contributed by atoms with Crippen LogP contribution in [0.1, 0.15) is 5.56 Å². The van der Waals surface area contributed by atoms with E-state index in [-0.39, 0.29) is 12.5 Å². The van der Waals surface area contributed by atoms with Gasteiger partial charge in [0, 0.05) is 5.69 Å². The zero-order valence-electron chi connectivity index (χ0n) is 12.5. The molecule has 0 saturated carbocycles. The molecule has 5 nitrogen and oxygen atoms in total. The Kier molecular flexibility index (Phi) is 5.65. The van der Waals surface area contributed by atoms with Crippen LogP contribution in [0, 0.1) is 6.92 Å². The van der Waals surface area contributed by atoms with Crippen LogP contribution in [-0.2, 0) is 4.79 Å². The minimum Gasteiger partial charge on any atom is -0.492 e. The lowest BCUT2D eigenvalue weighted by Gasteiger charge is -2.09. The number of nitrogens with two attached hydrogens (primary N) is 1. The summed E-state index contributed by atoms with van der Waals surface area (Å²) in [6.45, 7) is 2.79. The van der Waals surface area contributed by atoms with Gasteiger partial charge >= 0.3 is 0 Å². The zero-order valence-corrected chi connectivity index (χ0v) is 12.5. The molecule has 0 spiro atoms. The monoisotopic (exact) mass is 300 g/mol. The molecule has 3 N–H and O–H groups in total. The Labute approximate surface area is 130 Å². The summed E-state index contributed by atoms with van der Waals surface area (Å²) in [5.74, 6) is 1.22. The van der Waals surface area contributed by atoms with Crippen LogP contribution < -0.4 is 20.5 Å². The van der Waals surface area contributed by atoms with Gasteiger partial charge in [-0.1, -0.05) is 17.7 Å². The number of hydrogen-bond acceptors (Lipinski definition) is 4. The third-order valence-electron chi connectivity index (χ3n) is 2.96. The molecule has 0 heterocycles. The molecule has 0 atom stereocenters. The average Bonchev–Trinajstić information content (AvgIpc) is 2.53. The Morgan fingerprint density at radius 1 is 1.00 bits per heavy atom. The smallest absolute Gasteiger partial charge is 0.258 e. The van der Waals surface area contributed by atoms with Crippen molar-refractivity contribution >= 4 is 11.6 Å². The van der Waals surface area contributed by atoms with Crippen molar-refractivity contribution in [3.05, 3.63) is 54.1 Å². The van der Waals surface area contributed by atoms with Gasteiger partial charge in [-0.15, -0.1) is 0 Å². The van der Waals surface area contributed by atoms with Gasteiger partial charge in [-0.25, -0.2) is 0 Å². The van der Waals surface area contributed by atoms with Gasteiger partial charge in [-0.05, 0) is 43.3 Å². The van der Waals surface area contributed by atoms with E-state index in [2.05, 4.69) is 5.32 Å². The van der Waals surface area contributed by atoms with Gasteiger partial charge in [-0.3, -0.25) is 4.79 Å². The molecule has 0 bridgehead atoms. The maximum atomic E-state index is 11.6. The van der Waals surface area contributed by atoms with Crippen LogP contribution in [0.2, 0.25) is 0 Å². The molecule has 2 aromatic rings. The van der Waals surface area contributed by atoms with Crippen molar-refractivity contribution in [2.45, 2.75) is 6.92 Å². The fourth-order valence-electron chi connectivity index (χ4n) is 1.76. The van der Waals surface area contributed by atoms with Gasteiger partial charge in [0.15, 0.2) is 6.61 Å². The number of anilines is 1. The first kappa shape index (κ1) is 15.7. The first-order valence-corrected chi connectivity index (χ1v) is 7.08. The van der Waals surface area contributed by atoms with Crippen LogP contribution in [0.25, 0.3) is 0 Å². The summed E-state index contributed by atoms with van der Waals surface area (Å²) in [6, 6.07) is 14.7. The molecule has 0 fully saturated rings. The molecule has 22 heavy (non-hydrogen) atoms. The second-order valence-electron chi connectivity index (χ2n) is 4.87. The lowest BCUT2D eigenvalue weighted by molar-refractivity contribution is -0.123. The number of hydrogen-bond donors (Lipinski definition) is 2. The molecule has 0 aliphatic heterocycles. The highest BCUT2D eigenvalue weighted by Crippen LogP contribution is 2.12. The van der Waals surface area contributed by atoms with E-state index in [1.165, 1.54) is 0 Å². The summed E-state index contributed by atoms with van der Waals surface area (Å²) in [4.78, 5) is 11.6. The fourth-order valence-corrected chi connectivity index (χ4v) is 1.76. The average molecular weight is 300 g/mol. The van der Waals surface area contributed by atoms with Crippen LogP contribution in [0.5, 0.6) is 11.5 Å². The zero-order chi connectivity index (χ0) is 15.8. The Hall–Kier alpha value is -2.69. The molecule has 2 rings (SSSR count). The van der Waals surface area contributed by atoms with E-state index in [1.807, 2.05) is 31.2 Å². The Morgan fingerprint density at radius 3 is 2.27 bits per heavy atom. The van der Waals surface area contributed by atoms with E-state index < -0.39 is 0 Å². The van der Waals surface area contributed by atoms with Gasteiger partial charge in [0.25, 0.3) is 5.91 Å². The van der Waals surface area contributed by atoms with Crippen molar-refractivity contribution in [3.63, 3.8) is 0 Å². The highest BCUT2D eigenvalue weighted by atomic mass is 16.5. The van der Waals surface area contributed by atoms with Crippen molar-refractivity contribution in [3.8, 4) is 11.5 Å². The fraction of sp³-hybridized carbons (Fsp3) is 0.235. The van der Waals surface area contributed by atoms with E-state index in [4.69, 9.17) is 15.2 Å². The predicted octanol–water partition coefficient (Wildman–Crippen LogP) is 2.15. The van der Waals surface area contributed by atoms with E-state index in [0.29, 0.717) is 24.6 Å². The van der Waals surface area contributed by atoms with E-state index in [1.54, 1.807) is 24.3 Å². The van der Waals surface area contributed by atoms with Crippen molar-refractivity contribution in [2.24, 2.45) is 0 Å². The molecule has 0 aliphatic rings. The normalized spacial score (nSPS) is 10.0. The predicted molar refractivity (Wildman–Crippen MR) is 86.0 cm³/mol. The minimum atomic E-state index is -0.179. The van der Waals surface area contributed by atoms with E-state index in [0.717, 1.165) is 11.3 Å². The lowest BCUT2D eigenvalue weighted by atomic mass is 10.2. The number of amides is 1. The van der Waals surface area contributed by atoms with Gasteiger partial charge in [0.05, 0.1) is 6.54 Å². The Balaban J connectivity index is 1.61. The second kappa shape index (κ2) is 7.93. The first-order chi connectivity index (χ1) is 10.6. The van der Waals surface area contributed by atoms with Crippen LogP contribution in [-0.4, -0.2) is 25.7 Å². The van der Waals surface area contributed by atoms with Gasteiger partial charge in [0.1, 0.15) is 18.1 Å². The summed E-state index contributed by atoms with van der Waals surface area (Å²) in [5, 5.41) is 2.73. The molecule has 0 aromatic heterocycles. The number of carbonyl (C=O) groups excluding carboxylic acids is 1. The Morgan fingerprint density at radius 2 is 1.59 bits per heavy atom. The summed E-state index contributed by atoms with van der Waals surface area (Å²) in [7, 11) is 0. The third kappa shape index (κ3) is 5.36. The summed E-state index contributed by atoms with van der Waals surface area (Å²) in [5.41, 5.74) is 7.42. The van der Waals surface area contributed by atoms with Crippen molar-refractivity contribution < 1.29 is 14.3 Å². The summed E-state index contributed by atoms with van der Waals surface area (Å²) in [6.07, 6.45) is 0. The van der Waals surface area contributed by atoms with Crippen LogP contribution in [0.15, 0.2) is 48.5 Å². The number of carbonyl (C=O) groups is 1. The highest BCUT2D eigenvalue weighted by Gasteiger charge is 2.02. The molecule has 2 aromatic carbocycles. The van der Waals surface area contributed by atoms with Crippen molar-refractivity contribution in [1.82, 2.24) is 5.32 Å². The van der Waals surface area contributed by atoms with E-state index in [9.17, 15) is 4.79 Å². The Bertz CT molecular complexity index is 594. The molecule has 0 aliphatic carbocycles. The number of nitrogens with one attached hydrogen (secondary N) is 1. The van der Waals surface area contributed by atoms with Crippen LogP contribution >= 0.6 is 0 Å². The van der Waals surface area contributed by atoms with Gasteiger partial charge < -0.3 is 20.5 Å². The van der Waals surface area contributed by atoms with Crippen molar-refractivity contribution in [2.75, 3.05) is 25.5 Å². The largest absolute Gasteiger partial charge is 0.492 e. The van der Waals surface area contributed by atoms with Crippen LogP contribution in [0.3, 0.4) is 0 Å². The topological polar surface area (TPSA) is 73.6 Å². The molecule has 5 heteroatoms. The quantitative estimate of drug-likeness (QED) is 0.607. The molecule has 116 valence electrons. The third-order valence-corrected chi connectivity index (χ3v) is 2.96. The van der Waals surface area contributed by atoms with Crippen molar-refractivity contribution in [1.29, 1.82) is 0 Å². The first-order valence-electron chi connectivity index (χ1n) is 7.08. The molecular weight excluding hydrogens is 280 g/mol. The van der Waals surface area contributed by atoms with Gasteiger partial charge in [-0.2, -0.15) is 0 Å². The highest BCUT2D eigenvalue weighted by molar-refractivity contribution is 5.77. The lowest BCUT2D eigenvalue weighted by Crippen LogP contribution is -2.32. The molecule has 0 unspecified atom stereocenters. The second-order valence-corrected chi connectivity index (χ2v) is 4.87. The molecule has 0 saturated heterocycles. The number of aryl methyl sites for hydroxylation is 1.